The molecule has 1 unspecified atom stereocenters. The number of aromatic nitrogens is 6. The molecule has 4 aromatic rings. The molecular weight excluding hydrogens is 537 g/mol. The Bertz CT molecular complexity index is 1690. The predicted molar refractivity (Wildman–Crippen MR) is 136 cm³/mol. The van der Waals surface area contributed by atoms with Gasteiger partial charge in [0.05, 0.1) is 30.0 Å². The number of hydrogen-bond acceptors (Lipinski definition) is 7. The second-order valence-electron chi connectivity index (χ2n) is 9.61. The number of pyridine rings is 1. The van der Waals surface area contributed by atoms with Crippen molar-refractivity contribution < 1.29 is 21.6 Å². The highest BCUT2D eigenvalue weighted by molar-refractivity contribution is 7.89. The molecule has 0 saturated carbocycles. The zero-order valence-corrected chi connectivity index (χ0v) is 22.3. The smallest absolute Gasteiger partial charge is 0.316 e. The first kappa shape index (κ1) is 27.0. The van der Waals surface area contributed by atoms with Crippen molar-refractivity contribution in [2.75, 3.05) is 26.2 Å². The number of hydrogen-bond donors (Lipinski definition) is 0. The van der Waals surface area contributed by atoms with Crippen molar-refractivity contribution in [2.45, 2.75) is 30.6 Å². The number of rotatable bonds is 6. The zero-order valence-electron chi connectivity index (χ0n) is 21.5. The van der Waals surface area contributed by atoms with Gasteiger partial charge in [-0.3, -0.25) is 9.69 Å². The summed E-state index contributed by atoms with van der Waals surface area (Å²) in [4.78, 5) is 14.6. The lowest BCUT2D eigenvalue weighted by atomic mass is 9.96. The van der Waals surface area contributed by atoms with E-state index in [1.165, 1.54) is 22.0 Å². The van der Waals surface area contributed by atoms with Gasteiger partial charge in [0.2, 0.25) is 10.6 Å². The van der Waals surface area contributed by atoms with Crippen LogP contribution in [-0.2, 0) is 24.1 Å². The molecule has 39 heavy (non-hydrogen) atoms. The Hall–Kier alpha value is -3.56. The second-order valence-corrected chi connectivity index (χ2v) is 11.5. The molecule has 1 aliphatic heterocycles. The number of benzene rings is 1. The van der Waals surface area contributed by atoms with Crippen LogP contribution >= 0.6 is 0 Å². The van der Waals surface area contributed by atoms with Crippen LogP contribution in [0.1, 0.15) is 23.6 Å². The van der Waals surface area contributed by atoms with E-state index < -0.39 is 28.7 Å². The van der Waals surface area contributed by atoms with Crippen LogP contribution in [0.2, 0.25) is 0 Å². The van der Waals surface area contributed by atoms with Crippen LogP contribution in [0.15, 0.2) is 52.7 Å². The highest BCUT2D eigenvalue weighted by atomic mass is 32.2. The van der Waals surface area contributed by atoms with Gasteiger partial charge in [-0.05, 0) is 36.2 Å². The molecule has 11 nitrogen and oxygen atoms in total. The summed E-state index contributed by atoms with van der Waals surface area (Å²) in [5, 5.41) is 12.8. The molecule has 0 spiro atoms. The summed E-state index contributed by atoms with van der Waals surface area (Å²) >= 11 is 0. The molecular formula is C24H27F3N8O3S. The van der Waals surface area contributed by atoms with Gasteiger partial charge in [0.1, 0.15) is 0 Å². The minimum atomic E-state index is -4.34. The SMILES string of the molecule is Cc1cc2c(cnn2-c2ccc(=O)n(C)c2)cc1C1CN(S(=O)(=O)c2cnn(C)n2)CCN1CCC(F)(F)F. The molecule has 1 aliphatic rings. The molecule has 1 aromatic carbocycles. The van der Waals surface area contributed by atoms with Crippen molar-refractivity contribution >= 4 is 20.9 Å². The van der Waals surface area contributed by atoms with E-state index in [0.717, 1.165) is 27.5 Å². The van der Waals surface area contributed by atoms with Gasteiger partial charge in [0.25, 0.3) is 10.0 Å². The number of aryl methyl sites for hydroxylation is 3. The zero-order chi connectivity index (χ0) is 28.1. The largest absolute Gasteiger partial charge is 0.390 e. The molecule has 1 atom stereocenters. The average Bonchev–Trinajstić information content (AvgIpc) is 3.50. The third-order valence-corrected chi connectivity index (χ3v) is 8.68. The van der Waals surface area contributed by atoms with Crippen LogP contribution in [0.5, 0.6) is 0 Å². The lowest BCUT2D eigenvalue weighted by Crippen LogP contribution is -2.51. The topological polar surface area (TPSA) is 111 Å². The maximum atomic E-state index is 13.3. The van der Waals surface area contributed by atoms with E-state index >= 15 is 0 Å². The van der Waals surface area contributed by atoms with Crippen molar-refractivity contribution in [3.63, 3.8) is 0 Å². The normalized spacial score (nSPS) is 17.7. The van der Waals surface area contributed by atoms with Crippen molar-refractivity contribution in [1.82, 2.24) is 38.5 Å². The summed E-state index contributed by atoms with van der Waals surface area (Å²) in [6, 6.07) is 6.20. The van der Waals surface area contributed by atoms with E-state index in [1.54, 1.807) is 35.1 Å². The Morgan fingerprint density at radius 3 is 2.51 bits per heavy atom. The number of halogens is 3. The van der Waals surface area contributed by atoms with Crippen molar-refractivity contribution in [3.05, 3.63) is 64.3 Å². The van der Waals surface area contributed by atoms with Gasteiger partial charge in [-0.2, -0.15) is 32.5 Å². The van der Waals surface area contributed by atoms with Gasteiger partial charge in [-0.25, -0.2) is 13.1 Å². The second kappa shape index (κ2) is 9.88. The fourth-order valence-corrected chi connectivity index (χ4v) is 6.22. The summed E-state index contributed by atoms with van der Waals surface area (Å²) in [5.74, 6) is 0. The first-order valence-electron chi connectivity index (χ1n) is 12.2. The lowest BCUT2D eigenvalue weighted by Gasteiger charge is -2.41. The molecule has 0 bridgehead atoms. The molecule has 1 fully saturated rings. The first-order valence-corrected chi connectivity index (χ1v) is 13.6. The predicted octanol–water partition coefficient (Wildman–Crippen LogP) is 2.16. The van der Waals surface area contributed by atoms with Crippen molar-refractivity contribution in [2.24, 2.45) is 14.1 Å². The van der Waals surface area contributed by atoms with Crippen LogP contribution in [-0.4, -0.2) is 79.3 Å². The molecule has 0 radical (unpaired) electrons. The van der Waals surface area contributed by atoms with Crippen LogP contribution in [0, 0.1) is 6.92 Å². The summed E-state index contributed by atoms with van der Waals surface area (Å²) < 4.78 is 70.4. The highest BCUT2D eigenvalue weighted by Gasteiger charge is 2.38. The molecule has 1 saturated heterocycles. The molecule has 15 heteroatoms. The number of fused-ring (bicyclic) bond motifs is 1. The Morgan fingerprint density at radius 2 is 1.85 bits per heavy atom. The minimum absolute atomic E-state index is 0.0270. The third-order valence-electron chi connectivity index (χ3n) is 6.95. The van der Waals surface area contributed by atoms with E-state index in [9.17, 15) is 26.4 Å². The van der Waals surface area contributed by atoms with E-state index in [1.807, 2.05) is 19.1 Å². The monoisotopic (exact) mass is 564 g/mol. The highest BCUT2D eigenvalue weighted by Crippen LogP contribution is 2.34. The Labute approximate surface area is 222 Å². The number of alkyl halides is 3. The van der Waals surface area contributed by atoms with Gasteiger partial charge in [-0.1, -0.05) is 0 Å². The van der Waals surface area contributed by atoms with Gasteiger partial charge in [0, 0.05) is 64.0 Å². The summed E-state index contributed by atoms with van der Waals surface area (Å²) in [6.07, 6.45) is -0.894. The number of nitrogens with zero attached hydrogens (tertiary/aromatic N) is 8. The standard InChI is InChI=1S/C24H27F3N8O3S/c1-16-10-20-17(12-29-35(20)18-4-5-23(36)31(2)14-18)11-19(16)21-15-34(9-8-33(21)7-6-24(25,26)27)39(37,38)22-13-28-32(3)30-22/h4-5,10-14,21H,6-9,15H2,1-3H3. The quantitative estimate of drug-likeness (QED) is 0.353. The Kier molecular flexibility index (Phi) is 6.84. The van der Waals surface area contributed by atoms with E-state index in [2.05, 4.69) is 15.3 Å². The minimum Gasteiger partial charge on any atom is -0.316 e. The van der Waals surface area contributed by atoms with Crippen molar-refractivity contribution in [1.29, 1.82) is 0 Å². The summed E-state index contributed by atoms with van der Waals surface area (Å²) in [7, 11) is -0.854. The molecule has 0 amide bonds. The number of sulfonamides is 1. The van der Waals surface area contributed by atoms with Gasteiger partial charge in [-0.15, -0.1) is 5.10 Å². The third kappa shape index (κ3) is 5.33. The summed E-state index contributed by atoms with van der Waals surface area (Å²) in [6.45, 7) is 1.68. The van der Waals surface area contributed by atoms with Crippen LogP contribution in [0.3, 0.4) is 0 Å². The molecule has 3 aromatic heterocycles. The molecule has 0 N–H and O–H groups in total. The van der Waals surface area contributed by atoms with E-state index in [0.29, 0.717) is 11.3 Å². The molecule has 5 rings (SSSR count). The van der Waals surface area contributed by atoms with Crippen LogP contribution in [0.4, 0.5) is 13.2 Å². The molecule has 208 valence electrons. The van der Waals surface area contributed by atoms with Crippen LogP contribution < -0.4 is 5.56 Å². The Morgan fingerprint density at radius 1 is 1.08 bits per heavy atom. The van der Waals surface area contributed by atoms with E-state index in [4.69, 9.17) is 0 Å². The fourth-order valence-electron chi connectivity index (χ4n) is 4.89. The Balaban J connectivity index is 1.53. The number of piperazine rings is 1. The van der Waals surface area contributed by atoms with Gasteiger partial charge >= 0.3 is 6.18 Å². The maximum absolute atomic E-state index is 13.3. The molecule has 0 aliphatic carbocycles. The van der Waals surface area contributed by atoms with E-state index in [-0.39, 0.29) is 36.8 Å². The average molecular weight is 565 g/mol. The fraction of sp³-hybridized carbons (Fsp3) is 0.417. The maximum Gasteiger partial charge on any atom is 0.390 e. The van der Waals surface area contributed by atoms with Gasteiger partial charge < -0.3 is 4.57 Å². The molecule has 4 heterocycles. The lowest BCUT2D eigenvalue weighted by molar-refractivity contribution is -0.140. The first-order chi connectivity index (χ1) is 18.3. The van der Waals surface area contributed by atoms with Gasteiger partial charge in [0.15, 0.2) is 0 Å². The van der Waals surface area contributed by atoms with Crippen molar-refractivity contribution in [3.8, 4) is 5.69 Å². The van der Waals surface area contributed by atoms with Crippen LogP contribution in [0.25, 0.3) is 16.6 Å². The summed E-state index contributed by atoms with van der Waals surface area (Å²) in [5.41, 5.74) is 2.74.